The maximum Gasteiger partial charge on any atom is 0.0893 e. The average Bonchev–Trinajstić information content (AvgIpc) is 2.90. The van der Waals surface area contributed by atoms with E-state index in [2.05, 4.69) is 37.4 Å². The van der Waals surface area contributed by atoms with E-state index < -0.39 is 0 Å². The summed E-state index contributed by atoms with van der Waals surface area (Å²) in [7, 11) is 2.49. The number of fused-ring (bicyclic) bond motifs is 2. The minimum absolute atomic E-state index is 0. The van der Waals surface area contributed by atoms with Crippen LogP contribution in [0.5, 0.6) is 0 Å². The molecular weight excluding hydrogens is 286 g/mol. The molecular formula is C16H24BrN. The third kappa shape index (κ3) is 2.80. The van der Waals surface area contributed by atoms with Gasteiger partial charge in [0.1, 0.15) is 0 Å². The molecule has 3 rings (SSSR count). The first-order valence-corrected chi connectivity index (χ1v) is 7.14. The van der Waals surface area contributed by atoms with Crippen LogP contribution >= 0.6 is 0 Å². The van der Waals surface area contributed by atoms with Gasteiger partial charge < -0.3 is 21.5 Å². The van der Waals surface area contributed by atoms with Crippen molar-refractivity contribution in [1.29, 1.82) is 0 Å². The molecule has 1 aromatic carbocycles. The number of piperidine rings is 1. The molecule has 2 unspecified atom stereocenters. The first-order chi connectivity index (χ1) is 8.26. The summed E-state index contributed by atoms with van der Waals surface area (Å²) in [5, 5.41) is 0. The highest BCUT2D eigenvalue weighted by Crippen LogP contribution is 2.41. The smallest absolute Gasteiger partial charge is 0.0893 e. The third-order valence-corrected chi connectivity index (χ3v) is 5.05. The molecule has 2 fully saturated rings. The molecule has 1 aliphatic heterocycles. The van der Waals surface area contributed by atoms with Crippen molar-refractivity contribution >= 4 is 0 Å². The van der Waals surface area contributed by atoms with Crippen molar-refractivity contribution in [3.8, 4) is 0 Å². The predicted octanol–water partition coefficient (Wildman–Crippen LogP) is 0.252. The molecule has 3 atom stereocenters. The fraction of sp³-hybridized carbons (Fsp3) is 0.625. The standard InChI is InChI=1S/C16H24N.BrH/c1-17(13-15-9-10-16(17)12-15)11-5-8-14-6-3-2-4-7-14;/h2-4,6-7,15-16H,5,8-13H2,1H3;1H/q+1;/p-1/t15?,16-,17?;/m0./s1. The maximum absolute atomic E-state index is 2.49. The summed E-state index contributed by atoms with van der Waals surface area (Å²) >= 11 is 0. The Morgan fingerprint density at radius 2 is 1.94 bits per heavy atom. The van der Waals surface area contributed by atoms with E-state index in [-0.39, 0.29) is 17.0 Å². The number of hydrogen-bond acceptors (Lipinski definition) is 0. The molecule has 1 saturated heterocycles. The van der Waals surface area contributed by atoms with Crippen molar-refractivity contribution in [3.05, 3.63) is 35.9 Å². The lowest BCUT2D eigenvalue weighted by atomic mass is 10.1. The summed E-state index contributed by atoms with van der Waals surface area (Å²) in [6, 6.07) is 11.9. The highest BCUT2D eigenvalue weighted by atomic mass is 79.9. The summed E-state index contributed by atoms with van der Waals surface area (Å²) in [6.45, 7) is 2.84. The summed E-state index contributed by atoms with van der Waals surface area (Å²) < 4.78 is 1.37. The molecule has 0 radical (unpaired) electrons. The van der Waals surface area contributed by atoms with Gasteiger partial charge in [0.15, 0.2) is 0 Å². The second kappa shape index (κ2) is 5.75. The Morgan fingerprint density at radius 3 is 2.56 bits per heavy atom. The molecule has 100 valence electrons. The Hall–Kier alpha value is -0.340. The van der Waals surface area contributed by atoms with E-state index >= 15 is 0 Å². The highest BCUT2D eigenvalue weighted by molar-refractivity contribution is 5.14. The van der Waals surface area contributed by atoms with Crippen molar-refractivity contribution in [2.75, 3.05) is 20.1 Å². The maximum atomic E-state index is 2.49. The van der Waals surface area contributed by atoms with Gasteiger partial charge in [0, 0.05) is 18.8 Å². The number of halogens is 1. The largest absolute Gasteiger partial charge is 1.00 e. The van der Waals surface area contributed by atoms with Gasteiger partial charge in [-0.15, -0.1) is 0 Å². The lowest BCUT2D eigenvalue weighted by molar-refractivity contribution is -0.926. The van der Waals surface area contributed by atoms with Crippen LogP contribution in [-0.4, -0.2) is 30.7 Å². The molecule has 0 N–H and O–H groups in total. The predicted molar refractivity (Wildman–Crippen MR) is 71.8 cm³/mol. The second-order valence-corrected chi connectivity index (χ2v) is 6.31. The van der Waals surface area contributed by atoms with Gasteiger partial charge in [-0.1, -0.05) is 30.3 Å². The van der Waals surface area contributed by atoms with Crippen molar-refractivity contribution in [2.24, 2.45) is 5.92 Å². The molecule has 0 aromatic heterocycles. The van der Waals surface area contributed by atoms with Gasteiger partial charge in [-0.25, -0.2) is 0 Å². The quantitative estimate of drug-likeness (QED) is 0.700. The van der Waals surface area contributed by atoms with Gasteiger partial charge in [-0.2, -0.15) is 0 Å². The number of quaternary nitrogens is 1. The van der Waals surface area contributed by atoms with Crippen LogP contribution in [0, 0.1) is 5.92 Å². The molecule has 1 saturated carbocycles. The summed E-state index contributed by atoms with van der Waals surface area (Å²) in [5.74, 6) is 1.06. The normalized spacial score (nSPS) is 33.4. The molecule has 1 aliphatic carbocycles. The van der Waals surface area contributed by atoms with E-state index in [0.717, 1.165) is 12.0 Å². The molecule has 0 amide bonds. The molecule has 2 bridgehead atoms. The number of nitrogens with zero attached hydrogens (tertiary/aromatic N) is 1. The van der Waals surface area contributed by atoms with Gasteiger partial charge in [0.2, 0.25) is 0 Å². The van der Waals surface area contributed by atoms with E-state index in [1.165, 1.54) is 55.2 Å². The van der Waals surface area contributed by atoms with Crippen molar-refractivity contribution < 1.29 is 21.5 Å². The summed E-state index contributed by atoms with van der Waals surface area (Å²) in [6.07, 6.45) is 7.13. The highest BCUT2D eigenvalue weighted by Gasteiger charge is 2.47. The topological polar surface area (TPSA) is 0 Å². The lowest BCUT2D eigenvalue weighted by Crippen LogP contribution is -3.00. The average molecular weight is 310 g/mol. The molecule has 1 aromatic rings. The molecule has 1 nitrogen and oxygen atoms in total. The Labute approximate surface area is 122 Å². The van der Waals surface area contributed by atoms with Crippen LogP contribution in [0.3, 0.4) is 0 Å². The number of likely N-dealkylation sites (tertiary alicyclic amines) is 1. The van der Waals surface area contributed by atoms with Crippen LogP contribution in [0.1, 0.15) is 31.2 Å². The molecule has 2 aliphatic rings. The monoisotopic (exact) mass is 309 g/mol. The first-order valence-electron chi connectivity index (χ1n) is 7.14. The molecule has 18 heavy (non-hydrogen) atoms. The summed E-state index contributed by atoms with van der Waals surface area (Å²) in [4.78, 5) is 0. The van der Waals surface area contributed by atoms with E-state index in [4.69, 9.17) is 0 Å². The Bertz CT molecular complexity index is 378. The number of hydrogen-bond donors (Lipinski definition) is 0. The zero-order chi connectivity index (χ0) is 11.7. The van der Waals surface area contributed by atoms with Crippen LogP contribution in [0.25, 0.3) is 0 Å². The second-order valence-electron chi connectivity index (χ2n) is 6.31. The van der Waals surface area contributed by atoms with Crippen LogP contribution in [0.4, 0.5) is 0 Å². The fourth-order valence-electron chi connectivity index (χ4n) is 4.08. The van der Waals surface area contributed by atoms with E-state index in [1.807, 2.05) is 0 Å². The van der Waals surface area contributed by atoms with Crippen LogP contribution < -0.4 is 17.0 Å². The zero-order valence-electron chi connectivity index (χ0n) is 11.3. The van der Waals surface area contributed by atoms with Crippen LogP contribution in [0.15, 0.2) is 30.3 Å². The Balaban J connectivity index is 0.00000120. The van der Waals surface area contributed by atoms with Gasteiger partial charge in [-0.3, -0.25) is 0 Å². The van der Waals surface area contributed by atoms with E-state index in [0.29, 0.717) is 0 Å². The van der Waals surface area contributed by atoms with Crippen molar-refractivity contribution in [1.82, 2.24) is 0 Å². The fourth-order valence-corrected chi connectivity index (χ4v) is 4.08. The first kappa shape index (κ1) is 14.1. The van der Waals surface area contributed by atoms with Gasteiger partial charge in [0.25, 0.3) is 0 Å². The van der Waals surface area contributed by atoms with Crippen molar-refractivity contribution in [3.63, 3.8) is 0 Å². The van der Waals surface area contributed by atoms with Gasteiger partial charge in [0.05, 0.1) is 26.2 Å². The SMILES string of the molecule is C[N+]1(CCCc2ccccc2)CC2CC[C@H]1C2.[Br-]. The lowest BCUT2D eigenvalue weighted by Gasteiger charge is -2.38. The third-order valence-electron chi connectivity index (χ3n) is 5.05. The van der Waals surface area contributed by atoms with Crippen LogP contribution in [0.2, 0.25) is 0 Å². The molecule has 1 heterocycles. The van der Waals surface area contributed by atoms with Crippen LogP contribution in [-0.2, 0) is 6.42 Å². The molecule has 2 heteroatoms. The number of rotatable bonds is 4. The number of benzene rings is 1. The minimum Gasteiger partial charge on any atom is -1.00 e. The Morgan fingerprint density at radius 1 is 1.17 bits per heavy atom. The summed E-state index contributed by atoms with van der Waals surface area (Å²) in [5.41, 5.74) is 1.50. The zero-order valence-corrected chi connectivity index (χ0v) is 12.9. The van der Waals surface area contributed by atoms with E-state index in [9.17, 15) is 0 Å². The van der Waals surface area contributed by atoms with Crippen molar-refractivity contribution in [2.45, 2.75) is 38.1 Å². The van der Waals surface area contributed by atoms with E-state index in [1.54, 1.807) is 0 Å². The Kier molecular flexibility index (Phi) is 4.50. The number of aryl methyl sites for hydroxylation is 1. The molecule has 0 spiro atoms. The van der Waals surface area contributed by atoms with Gasteiger partial charge in [-0.05, 0) is 24.8 Å². The minimum atomic E-state index is 0. The van der Waals surface area contributed by atoms with Gasteiger partial charge >= 0.3 is 0 Å².